The van der Waals surface area contributed by atoms with Crippen LogP contribution in [0.4, 0.5) is 0 Å². The first-order valence-electron chi connectivity index (χ1n) is 11.4. The summed E-state index contributed by atoms with van der Waals surface area (Å²) in [6, 6.07) is 8.80. The van der Waals surface area contributed by atoms with E-state index in [0.717, 1.165) is 52.2 Å². The van der Waals surface area contributed by atoms with Crippen molar-refractivity contribution in [2.75, 3.05) is 39.4 Å². The number of nitrogens with one attached hydrogen (secondary N) is 3. The van der Waals surface area contributed by atoms with Crippen molar-refractivity contribution in [1.29, 1.82) is 0 Å². The second-order valence-corrected chi connectivity index (χ2v) is 8.11. The van der Waals surface area contributed by atoms with Gasteiger partial charge in [0.15, 0.2) is 5.96 Å². The Balaban J connectivity index is 0.00000341. The van der Waals surface area contributed by atoms with E-state index in [-0.39, 0.29) is 36.4 Å². The molecular weight excluding hydrogens is 505 g/mol. The van der Waals surface area contributed by atoms with Crippen molar-refractivity contribution in [3.8, 4) is 0 Å². The van der Waals surface area contributed by atoms with Gasteiger partial charge in [-0.25, -0.2) is 4.99 Å². The summed E-state index contributed by atoms with van der Waals surface area (Å²) in [4.78, 5) is 19.4. The zero-order chi connectivity index (χ0) is 21.0. The van der Waals surface area contributed by atoms with E-state index in [4.69, 9.17) is 9.73 Å². The molecule has 0 radical (unpaired) electrons. The Morgan fingerprint density at radius 2 is 1.81 bits per heavy atom. The molecule has 1 aromatic rings. The Bertz CT molecular complexity index is 688. The third-order valence-electron chi connectivity index (χ3n) is 5.75. The number of nitrogens with zero attached hydrogens (tertiary/aromatic N) is 2. The lowest BCUT2D eigenvalue weighted by molar-refractivity contribution is -0.120. The quantitative estimate of drug-likeness (QED) is 0.267. The van der Waals surface area contributed by atoms with Crippen molar-refractivity contribution >= 4 is 35.8 Å². The fraction of sp³-hybridized carbons (Fsp3) is 0.652. The maximum atomic E-state index is 12.3. The number of benzene rings is 1. The molecule has 0 aromatic heterocycles. The predicted molar refractivity (Wildman–Crippen MR) is 136 cm³/mol. The Morgan fingerprint density at radius 3 is 2.52 bits per heavy atom. The lowest BCUT2D eigenvalue weighted by Gasteiger charge is -2.27. The smallest absolute Gasteiger partial charge is 0.239 e. The number of amides is 1. The summed E-state index contributed by atoms with van der Waals surface area (Å²) in [6.07, 6.45) is 5.91. The van der Waals surface area contributed by atoms with Gasteiger partial charge in [0.05, 0.1) is 26.3 Å². The molecule has 0 unspecified atom stereocenters. The summed E-state index contributed by atoms with van der Waals surface area (Å²) in [5.74, 6) is 0.720. The van der Waals surface area contributed by atoms with Gasteiger partial charge in [-0.2, -0.15) is 0 Å². The number of halogens is 1. The van der Waals surface area contributed by atoms with Crippen LogP contribution in [0.25, 0.3) is 0 Å². The third-order valence-corrected chi connectivity index (χ3v) is 5.75. The summed E-state index contributed by atoms with van der Waals surface area (Å²) >= 11 is 0. The Morgan fingerprint density at radius 1 is 1.10 bits per heavy atom. The lowest BCUT2D eigenvalue weighted by Crippen LogP contribution is -2.46. The van der Waals surface area contributed by atoms with Gasteiger partial charge in [-0.05, 0) is 30.9 Å². The van der Waals surface area contributed by atoms with Crippen LogP contribution in [0.5, 0.6) is 0 Å². The maximum Gasteiger partial charge on any atom is 0.239 e. The van der Waals surface area contributed by atoms with Gasteiger partial charge in [-0.15, -0.1) is 24.0 Å². The first-order valence-corrected chi connectivity index (χ1v) is 11.4. The second-order valence-electron chi connectivity index (χ2n) is 8.11. The second kappa shape index (κ2) is 14.6. The molecule has 174 valence electrons. The van der Waals surface area contributed by atoms with Crippen LogP contribution in [0.2, 0.25) is 0 Å². The van der Waals surface area contributed by atoms with Crippen molar-refractivity contribution in [2.24, 2.45) is 4.99 Å². The number of ether oxygens (including phenoxy) is 1. The SMILES string of the molecule is CCNC(=NCc1ccccc1CN1CCOCC1)NCC(=O)NC1CCCCC1.I. The number of rotatable bonds is 8. The first-order chi connectivity index (χ1) is 14.7. The van der Waals surface area contributed by atoms with Gasteiger partial charge in [0, 0.05) is 32.2 Å². The Hall–Kier alpha value is -1.39. The molecule has 0 bridgehead atoms. The number of guanidine groups is 1. The van der Waals surface area contributed by atoms with Gasteiger partial charge in [0.1, 0.15) is 0 Å². The van der Waals surface area contributed by atoms with Crippen molar-refractivity contribution in [3.63, 3.8) is 0 Å². The van der Waals surface area contributed by atoms with E-state index in [1.165, 1.54) is 30.4 Å². The molecule has 7 nitrogen and oxygen atoms in total. The molecule has 31 heavy (non-hydrogen) atoms. The average Bonchev–Trinajstić information content (AvgIpc) is 2.78. The number of aliphatic imine (C=N–C) groups is 1. The molecule has 1 saturated carbocycles. The summed E-state index contributed by atoms with van der Waals surface area (Å²) in [5.41, 5.74) is 2.52. The summed E-state index contributed by atoms with van der Waals surface area (Å²) in [6.45, 7) is 8.09. The highest BCUT2D eigenvalue weighted by molar-refractivity contribution is 14.0. The largest absolute Gasteiger partial charge is 0.379 e. The number of carbonyl (C=O) groups is 1. The minimum absolute atomic E-state index is 0. The number of hydrogen-bond donors (Lipinski definition) is 3. The normalized spacial score (nSPS) is 18.2. The molecule has 1 heterocycles. The molecule has 1 aromatic carbocycles. The molecule has 2 aliphatic rings. The van der Waals surface area contributed by atoms with Gasteiger partial charge in [-0.3, -0.25) is 9.69 Å². The van der Waals surface area contributed by atoms with E-state index >= 15 is 0 Å². The number of morpholine rings is 1. The molecular formula is C23H38IN5O2. The van der Waals surface area contributed by atoms with Crippen molar-refractivity contribution in [3.05, 3.63) is 35.4 Å². The van der Waals surface area contributed by atoms with Crippen LogP contribution < -0.4 is 16.0 Å². The highest BCUT2D eigenvalue weighted by Gasteiger charge is 2.16. The molecule has 3 N–H and O–H groups in total. The molecule has 0 spiro atoms. The standard InChI is InChI=1S/C23H37N5O2.HI/c1-2-24-23(26-17-22(29)27-21-10-4-3-5-11-21)25-16-19-8-6-7-9-20(19)18-28-12-14-30-15-13-28;/h6-9,21H,2-5,10-18H2,1H3,(H,27,29)(H2,24,25,26);1H. The average molecular weight is 543 g/mol. The number of hydrogen-bond acceptors (Lipinski definition) is 4. The van der Waals surface area contributed by atoms with E-state index in [9.17, 15) is 4.79 Å². The van der Waals surface area contributed by atoms with Gasteiger partial charge in [-0.1, -0.05) is 43.5 Å². The monoisotopic (exact) mass is 543 g/mol. The van der Waals surface area contributed by atoms with E-state index in [0.29, 0.717) is 18.5 Å². The molecule has 2 fully saturated rings. The van der Waals surface area contributed by atoms with Crippen LogP contribution in [-0.2, 0) is 22.6 Å². The highest BCUT2D eigenvalue weighted by atomic mass is 127. The minimum Gasteiger partial charge on any atom is -0.379 e. The van der Waals surface area contributed by atoms with Crippen LogP contribution >= 0.6 is 24.0 Å². The first kappa shape index (κ1) is 25.9. The third kappa shape index (κ3) is 9.33. The summed E-state index contributed by atoms with van der Waals surface area (Å²) in [7, 11) is 0. The van der Waals surface area contributed by atoms with E-state index < -0.39 is 0 Å². The maximum absolute atomic E-state index is 12.3. The minimum atomic E-state index is 0. The van der Waals surface area contributed by atoms with Crippen molar-refractivity contribution in [2.45, 2.75) is 58.2 Å². The summed E-state index contributed by atoms with van der Waals surface area (Å²) in [5, 5.41) is 9.57. The number of carbonyl (C=O) groups excluding carboxylic acids is 1. The molecule has 1 amide bonds. The van der Waals surface area contributed by atoms with E-state index in [1.807, 2.05) is 6.92 Å². The van der Waals surface area contributed by atoms with Crippen LogP contribution in [0, 0.1) is 0 Å². The lowest BCUT2D eigenvalue weighted by atomic mass is 9.95. The Kier molecular flexibility index (Phi) is 12.2. The summed E-state index contributed by atoms with van der Waals surface area (Å²) < 4.78 is 5.45. The predicted octanol–water partition coefficient (Wildman–Crippen LogP) is 2.64. The fourth-order valence-electron chi connectivity index (χ4n) is 4.06. The highest BCUT2D eigenvalue weighted by Crippen LogP contribution is 2.17. The van der Waals surface area contributed by atoms with Gasteiger partial charge in [0.2, 0.25) is 5.91 Å². The molecule has 1 saturated heterocycles. The van der Waals surface area contributed by atoms with E-state index in [1.54, 1.807) is 0 Å². The zero-order valence-electron chi connectivity index (χ0n) is 18.7. The zero-order valence-corrected chi connectivity index (χ0v) is 21.0. The fourth-order valence-corrected chi connectivity index (χ4v) is 4.06. The molecule has 8 heteroatoms. The molecule has 3 rings (SSSR count). The van der Waals surface area contributed by atoms with E-state index in [2.05, 4.69) is 45.1 Å². The van der Waals surface area contributed by atoms with Crippen LogP contribution in [0.1, 0.15) is 50.2 Å². The molecule has 1 aliphatic carbocycles. The Labute approximate surface area is 203 Å². The van der Waals surface area contributed by atoms with Gasteiger partial charge >= 0.3 is 0 Å². The van der Waals surface area contributed by atoms with Crippen molar-refractivity contribution < 1.29 is 9.53 Å². The topological polar surface area (TPSA) is 78.0 Å². The van der Waals surface area contributed by atoms with Crippen molar-refractivity contribution in [1.82, 2.24) is 20.9 Å². The van der Waals surface area contributed by atoms with Crippen LogP contribution in [0.3, 0.4) is 0 Å². The molecule has 1 aliphatic heterocycles. The van der Waals surface area contributed by atoms with Gasteiger partial charge in [0.25, 0.3) is 0 Å². The van der Waals surface area contributed by atoms with Gasteiger partial charge < -0.3 is 20.7 Å². The van der Waals surface area contributed by atoms with Crippen LogP contribution in [-0.4, -0.2) is 62.2 Å². The molecule has 0 atom stereocenters. The van der Waals surface area contributed by atoms with Crippen LogP contribution in [0.15, 0.2) is 29.3 Å².